The third kappa shape index (κ3) is 3.99. The first-order valence-electron chi connectivity index (χ1n) is 11.0. The lowest BCUT2D eigenvalue weighted by molar-refractivity contribution is 0.311. The van der Waals surface area contributed by atoms with Gasteiger partial charge in [0.25, 0.3) is 0 Å². The quantitative estimate of drug-likeness (QED) is 0.420. The second-order valence-electron chi connectivity index (χ2n) is 8.01. The van der Waals surface area contributed by atoms with Crippen molar-refractivity contribution in [3.8, 4) is 16.9 Å². The van der Waals surface area contributed by atoms with Crippen molar-refractivity contribution in [2.45, 2.75) is 25.7 Å². The van der Waals surface area contributed by atoms with Gasteiger partial charge in [0.05, 0.1) is 6.61 Å². The third-order valence-corrected chi connectivity index (χ3v) is 6.03. The molecule has 4 aromatic rings. The van der Waals surface area contributed by atoms with Crippen LogP contribution in [0.4, 0.5) is 0 Å². The zero-order valence-corrected chi connectivity index (χ0v) is 17.3. The molecule has 30 heavy (non-hydrogen) atoms. The van der Waals surface area contributed by atoms with Gasteiger partial charge in [-0.3, -0.25) is 0 Å². The molecule has 3 heteroatoms. The Kier molecular flexibility index (Phi) is 5.54. The molecule has 0 radical (unpaired) electrons. The van der Waals surface area contributed by atoms with Gasteiger partial charge in [-0.25, -0.2) is 0 Å². The second-order valence-corrected chi connectivity index (χ2v) is 8.01. The number of hydrogen-bond acceptors (Lipinski definition) is 2. The van der Waals surface area contributed by atoms with Gasteiger partial charge in [0, 0.05) is 29.6 Å². The average molecular weight is 397 g/mol. The molecular formula is C27H28N2O. The average Bonchev–Trinajstić information content (AvgIpc) is 3.00. The highest BCUT2D eigenvalue weighted by molar-refractivity contribution is 5.88. The summed E-state index contributed by atoms with van der Waals surface area (Å²) in [6, 6.07) is 25.5. The number of ether oxygens (including phenoxy) is 1. The lowest BCUT2D eigenvalue weighted by Gasteiger charge is -2.09. The lowest BCUT2D eigenvalue weighted by Crippen LogP contribution is -2.16. The Labute approximate surface area is 178 Å². The largest absolute Gasteiger partial charge is 0.494 e. The fraction of sp³-hybridized carbons (Fsp3) is 0.259. The topological polar surface area (TPSA) is 37.0 Å². The molecule has 3 nitrogen and oxygen atoms in total. The van der Waals surface area contributed by atoms with E-state index in [-0.39, 0.29) is 0 Å². The predicted molar refractivity (Wildman–Crippen MR) is 124 cm³/mol. The van der Waals surface area contributed by atoms with Gasteiger partial charge in [0.2, 0.25) is 0 Å². The molecule has 1 aliphatic rings. The summed E-state index contributed by atoms with van der Waals surface area (Å²) in [6.45, 7) is 2.86. The number of hydrogen-bond donors (Lipinski definition) is 2. The smallest absolute Gasteiger partial charge is 0.119 e. The number of aromatic nitrogens is 1. The van der Waals surface area contributed by atoms with E-state index in [1.807, 2.05) is 6.07 Å². The molecule has 1 aromatic heterocycles. The Morgan fingerprint density at radius 2 is 1.57 bits per heavy atom. The molecule has 0 atom stereocenters. The fourth-order valence-electron chi connectivity index (χ4n) is 4.53. The molecule has 0 saturated heterocycles. The van der Waals surface area contributed by atoms with E-state index < -0.39 is 0 Å². The highest BCUT2D eigenvalue weighted by Gasteiger charge is 2.16. The van der Waals surface area contributed by atoms with E-state index in [2.05, 4.69) is 77.0 Å². The molecule has 152 valence electrons. The van der Waals surface area contributed by atoms with Crippen LogP contribution in [0.3, 0.4) is 0 Å². The van der Waals surface area contributed by atoms with Gasteiger partial charge in [-0.2, -0.15) is 0 Å². The highest BCUT2D eigenvalue weighted by Crippen LogP contribution is 2.29. The summed E-state index contributed by atoms with van der Waals surface area (Å²) in [6.07, 6.45) is 4.25. The van der Waals surface area contributed by atoms with Gasteiger partial charge < -0.3 is 15.0 Å². The van der Waals surface area contributed by atoms with Crippen molar-refractivity contribution in [3.05, 3.63) is 89.6 Å². The maximum absolute atomic E-state index is 6.03. The minimum Gasteiger partial charge on any atom is -0.494 e. The van der Waals surface area contributed by atoms with Crippen LogP contribution in [0.25, 0.3) is 22.0 Å². The van der Waals surface area contributed by atoms with Crippen LogP contribution in [0.5, 0.6) is 5.75 Å². The normalized spacial score (nSPS) is 13.7. The molecular weight excluding hydrogens is 368 g/mol. The van der Waals surface area contributed by atoms with Crippen LogP contribution >= 0.6 is 0 Å². The van der Waals surface area contributed by atoms with E-state index in [4.69, 9.17) is 4.74 Å². The maximum Gasteiger partial charge on any atom is 0.119 e. The van der Waals surface area contributed by atoms with Gasteiger partial charge in [0.1, 0.15) is 5.75 Å². The zero-order chi connectivity index (χ0) is 20.2. The molecule has 0 aliphatic carbocycles. The molecule has 2 N–H and O–H groups in total. The van der Waals surface area contributed by atoms with Crippen molar-refractivity contribution >= 4 is 10.9 Å². The van der Waals surface area contributed by atoms with E-state index in [0.29, 0.717) is 0 Å². The first-order chi connectivity index (χ1) is 14.9. The molecule has 2 heterocycles. The summed E-state index contributed by atoms with van der Waals surface area (Å²) in [5.41, 5.74) is 8.11. The maximum atomic E-state index is 6.03. The predicted octanol–water partition coefficient (Wildman–Crippen LogP) is 5.53. The van der Waals surface area contributed by atoms with Crippen molar-refractivity contribution < 1.29 is 4.74 Å². The zero-order valence-electron chi connectivity index (χ0n) is 17.3. The number of nitrogens with one attached hydrogen (secondary N) is 2. The standard InChI is InChI=1S/C27H28N2O/c1-2-6-20(7-3-1)21-11-13-23(14-12-21)30-19-5-9-22-8-4-10-26-27(22)24-15-17-28-18-16-25(24)29-26/h1-4,6-8,10-14,28-29H,5,9,15-19H2. The van der Waals surface area contributed by atoms with E-state index in [1.54, 1.807) is 0 Å². The van der Waals surface area contributed by atoms with Crippen LogP contribution in [0.1, 0.15) is 23.2 Å². The fourth-order valence-corrected chi connectivity index (χ4v) is 4.53. The van der Waals surface area contributed by atoms with E-state index in [0.717, 1.165) is 51.1 Å². The number of benzene rings is 3. The first kappa shape index (κ1) is 19.0. The van der Waals surface area contributed by atoms with E-state index in [1.165, 1.54) is 38.9 Å². The van der Waals surface area contributed by atoms with Crippen LogP contribution in [0, 0.1) is 0 Å². The Bertz CT molecular complexity index is 1110. The van der Waals surface area contributed by atoms with Crippen LogP contribution < -0.4 is 10.1 Å². The molecule has 0 fully saturated rings. The van der Waals surface area contributed by atoms with E-state index >= 15 is 0 Å². The van der Waals surface area contributed by atoms with Gasteiger partial charge in [-0.1, -0.05) is 54.6 Å². The molecule has 0 saturated carbocycles. The second kappa shape index (κ2) is 8.76. The first-order valence-corrected chi connectivity index (χ1v) is 11.0. The monoisotopic (exact) mass is 396 g/mol. The SMILES string of the molecule is c1ccc(-c2ccc(OCCCc3cccc4[nH]c5c(c34)CCNCC5)cc2)cc1. The van der Waals surface area contributed by atoms with Crippen LogP contribution in [0.15, 0.2) is 72.8 Å². The van der Waals surface area contributed by atoms with Gasteiger partial charge >= 0.3 is 0 Å². The van der Waals surface area contributed by atoms with Crippen LogP contribution in [-0.2, 0) is 19.3 Å². The van der Waals surface area contributed by atoms with Crippen molar-refractivity contribution in [1.29, 1.82) is 0 Å². The van der Waals surface area contributed by atoms with Crippen molar-refractivity contribution in [2.24, 2.45) is 0 Å². The Balaban J connectivity index is 1.22. The summed E-state index contributed by atoms with van der Waals surface area (Å²) in [7, 11) is 0. The summed E-state index contributed by atoms with van der Waals surface area (Å²) < 4.78 is 6.03. The summed E-state index contributed by atoms with van der Waals surface area (Å²) in [4.78, 5) is 3.66. The van der Waals surface area contributed by atoms with Crippen molar-refractivity contribution in [3.63, 3.8) is 0 Å². The lowest BCUT2D eigenvalue weighted by atomic mass is 9.99. The Hall–Kier alpha value is -3.04. The van der Waals surface area contributed by atoms with Crippen LogP contribution in [-0.4, -0.2) is 24.7 Å². The summed E-state index contributed by atoms with van der Waals surface area (Å²) in [5.74, 6) is 0.939. The highest BCUT2D eigenvalue weighted by atomic mass is 16.5. The minimum atomic E-state index is 0.731. The summed E-state index contributed by atoms with van der Waals surface area (Å²) >= 11 is 0. The molecule has 0 amide bonds. The number of aromatic amines is 1. The third-order valence-electron chi connectivity index (χ3n) is 6.03. The summed E-state index contributed by atoms with van der Waals surface area (Å²) in [5, 5.41) is 4.96. The number of aryl methyl sites for hydroxylation is 1. The number of H-pyrrole nitrogens is 1. The molecule has 1 aliphatic heterocycles. The minimum absolute atomic E-state index is 0.731. The van der Waals surface area contributed by atoms with Gasteiger partial charge in [-0.15, -0.1) is 0 Å². The number of rotatable bonds is 6. The van der Waals surface area contributed by atoms with Gasteiger partial charge in [0.15, 0.2) is 0 Å². The van der Waals surface area contributed by atoms with Crippen LogP contribution in [0.2, 0.25) is 0 Å². The Morgan fingerprint density at radius 1 is 0.767 bits per heavy atom. The number of fused-ring (bicyclic) bond motifs is 3. The van der Waals surface area contributed by atoms with Gasteiger partial charge in [-0.05, 0) is 66.3 Å². The molecule has 0 unspecified atom stereocenters. The van der Waals surface area contributed by atoms with E-state index in [9.17, 15) is 0 Å². The molecule has 5 rings (SSSR count). The van der Waals surface area contributed by atoms with Crippen molar-refractivity contribution in [1.82, 2.24) is 10.3 Å². The Morgan fingerprint density at radius 3 is 2.43 bits per heavy atom. The molecule has 3 aromatic carbocycles. The van der Waals surface area contributed by atoms with Crippen molar-refractivity contribution in [2.75, 3.05) is 19.7 Å². The molecule has 0 bridgehead atoms. The molecule has 0 spiro atoms.